The minimum absolute atomic E-state index is 0.125. The van der Waals surface area contributed by atoms with Crippen LogP contribution in [0.15, 0.2) is 24.3 Å². The molecule has 0 aromatic heterocycles. The van der Waals surface area contributed by atoms with E-state index in [1.54, 1.807) is 24.3 Å². The number of aliphatic hydroxyl groups excluding tert-OH is 1. The second-order valence-corrected chi connectivity index (χ2v) is 4.66. The standard InChI is InChI=1S/C13H18FNO4/c1-13(15,12(17)18)6-9-2-4-11(5-3-9)19-8-10(16)7-14/h2-5,10,16H,6-8,15H2,1H3,(H,17,18)/t10?,13-/m0/s1. The van der Waals surface area contributed by atoms with Crippen molar-refractivity contribution in [2.75, 3.05) is 13.3 Å². The maximum atomic E-state index is 12.0. The lowest BCUT2D eigenvalue weighted by Gasteiger charge is -2.19. The molecule has 1 rings (SSSR count). The minimum atomic E-state index is -1.33. The first-order chi connectivity index (χ1) is 8.85. The fraction of sp³-hybridized carbons (Fsp3) is 0.462. The van der Waals surface area contributed by atoms with Crippen LogP contribution in [-0.2, 0) is 11.2 Å². The van der Waals surface area contributed by atoms with Crippen molar-refractivity contribution in [3.05, 3.63) is 29.8 Å². The molecule has 1 unspecified atom stereocenters. The van der Waals surface area contributed by atoms with Crippen molar-refractivity contribution in [1.29, 1.82) is 0 Å². The number of nitrogens with two attached hydrogens (primary N) is 1. The highest BCUT2D eigenvalue weighted by Crippen LogP contribution is 2.16. The van der Waals surface area contributed by atoms with E-state index in [2.05, 4.69) is 0 Å². The summed E-state index contributed by atoms with van der Waals surface area (Å²) in [4.78, 5) is 10.9. The van der Waals surface area contributed by atoms with Gasteiger partial charge in [0.1, 0.15) is 30.7 Å². The van der Waals surface area contributed by atoms with E-state index in [1.807, 2.05) is 0 Å². The first-order valence-electron chi connectivity index (χ1n) is 5.83. The molecule has 0 bridgehead atoms. The first kappa shape index (κ1) is 15.4. The Balaban J connectivity index is 2.59. The van der Waals surface area contributed by atoms with Crippen LogP contribution < -0.4 is 10.5 Å². The van der Waals surface area contributed by atoms with Crippen molar-refractivity contribution < 1.29 is 24.1 Å². The van der Waals surface area contributed by atoms with Crippen LogP contribution >= 0.6 is 0 Å². The van der Waals surface area contributed by atoms with Crippen molar-refractivity contribution in [1.82, 2.24) is 0 Å². The van der Waals surface area contributed by atoms with Crippen LogP contribution in [0.3, 0.4) is 0 Å². The highest BCUT2D eigenvalue weighted by atomic mass is 19.1. The second-order valence-electron chi connectivity index (χ2n) is 4.66. The average Bonchev–Trinajstić information content (AvgIpc) is 2.37. The van der Waals surface area contributed by atoms with Gasteiger partial charge in [0.05, 0.1) is 0 Å². The minimum Gasteiger partial charge on any atom is -0.491 e. The Kier molecular flexibility index (Phi) is 5.26. The van der Waals surface area contributed by atoms with Crippen LogP contribution in [0.2, 0.25) is 0 Å². The van der Waals surface area contributed by atoms with E-state index in [0.29, 0.717) is 5.75 Å². The number of alkyl halides is 1. The third-order valence-corrected chi connectivity index (χ3v) is 2.60. The summed E-state index contributed by atoms with van der Waals surface area (Å²) in [6.07, 6.45) is -0.950. The van der Waals surface area contributed by atoms with Gasteiger partial charge < -0.3 is 20.7 Å². The summed E-state index contributed by atoms with van der Waals surface area (Å²) in [7, 11) is 0. The summed E-state index contributed by atoms with van der Waals surface area (Å²) in [5, 5.41) is 17.9. The number of aliphatic carboxylic acids is 1. The predicted molar refractivity (Wildman–Crippen MR) is 67.9 cm³/mol. The van der Waals surface area contributed by atoms with Crippen molar-refractivity contribution in [2.45, 2.75) is 25.0 Å². The molecule has 0 spiro atoms. The van der Waals surface area contributed by atoms with Crippen LogP contribution in [-0.4, -0.2) is 41.1 Å². The molecule has 1 aromatic carbocycles. The smallest absolute Gasteiger partial charge is 0.323 e. The number of halogens is 1. The van der Waals surface area contributed by atoms with E-state index in [1.165, 1.54) is 6.92 Å². The Morgan fingerprint density at radius 1 is 1.47 bits per heavy atom. The molecular weight excluding hydrogens is 253 g/mol. The topological polar surface area (TPSA) is 92.8 Å². The molecule has 0 aliphatic rings. The monoisotopic (exact) mass is 271 g/mol. The van der Waals surface area contributed by atoms with E-state index >= 15 is 0 Å². The molecule has 0 aliphatic heterocycles. The molecule has 0 heterocycles. The third kappa shape index (κ3) is 4.84. The molecule has 0 saturated heterocycles. The summed E-state index contributed by atoms with van der Waals surface area (Å²) in [6, 6.07) is 6.62. The highest BCUT2D eigenvalue weighted by molar-refractivity contribution is 5.78. The fourth-order valence-corrected chi connectivity index (χ4v) is 1.44. The van der Waals surface area contributed by atoms with Gasteiger partial charge in [-0.1, -0.05) is 12.1 Å². The third-order valence-electron chi connectivity index (χ3n) is 2.60. The molecule has 0 amide bonds. The number of carboxylic acid groups (broad SMARTS) is 1. The Morgan fingerprint density at radius 2 is 2.05 bits per heavy atom. The Morgan fingerprint density at radius 3 is 2.53 bits per heavy atom. The molecule has 5 nitrogen and oxygen atoms in total. The molecule has 2 atom stereocenters. The highest BCUT2D eigenvalue weighted by Gasteiger charge is 2.27. The number of ether oxygens (including phenoxy) is 1. The lowest BCUT2D eigenvalue weighted by molar-refractivity contribution is -0.142. The van der Waals surface area contributed by atoms with Crippen molar-refractivity contribution in [2.24, 2.45) is 5.73 Å². The number of rotatable bonds is 7. The van der Waals surface area contributed by atoms with Gasteiger partial charge in [0.2, 0.25) is 0 Å². The van der Waals surface area contributed by atoms with E-state index in [-0.39, 0.29) is 13.0 Å². The predicted octanol–water partition coefficient (Wildman–Crippen LogP) is 0.740. The lowest BCUT2D eigenvalue weighted by Crippen LogP contribution is -2.46. The maximum absolute atomic E-state index is 12.0. The molecule has 4 N–H and O–H groups in total. The van der Waals surface area contributed by atoms with Gasteiger partial charge in [0, 0.05) is 6.42 Å². The first-order valence-corrected chi connectivity index (χ1v) is 5.83. The molecule has 0 aliphatic carbocycles. The largest absolute Gasteiger partial charge is 0.491 e. The summed E-state index contributed by atoms with van der Waals surface area (Å²) >= 11 is 0. The number of carbonyl (C=O) groups is 1. The van der Waals surface area contributed by atoms with Crippen LogP contribution in [0.4, 0.5) is 4.39 Å². The lowest BCUT2D eigenvalue weighted by atomic mass is 9.94. The molecule has 0 radical (unpaired) electrons. The van der Waals surface area contributed by atoms with Gasteiger partial charge in [-0.25, -0.2) is 4.39 Å². The summed E-state index contributed by atoms with van der Waals surface area (Å²) in [6.45, 7) is 0.457. The molecule has 6 heteroatoms. The summed E-state index contributed by atoms with van der Waals surface area (Å²) < 4.78 is 17.2. The molecule has 19 heavy (non-hydrogen) atoms. The number of carboxylic acids is 1. The fourth-order valence-electron chi connectivity index (χ4n) is 1.44. The zero-order valence-electron chi connectivity index (χ0n) is 10.7. The number of aliphatic hydroxyl groups is 1. The van der Waals surface area contributed by atoms with Crippen LogP contribution in [0, 0.1) is 0 Å². The zero-order valence-corrected chi connectivity index (χ0v) is 10.7. The number of hydrogen-bond acceptors (Lipinski definition) is 4. The van der Waals surface area contributed by atoms with Crippen LogP contribution in [0.5, 0.6) is 5.75 Å². The average molecular weight is 271 g/mol. The van der Waals surface area contributed by atoms with Gasteiger partial charge in [0.25, 0.3) is 0 Å². The molecular formula is C13H18FNO4. The van der Waals surface area contributed by atoms with Gasteiger partial charge in [-0.2, -0.15) is 0 Å². The van der Waals surface area contributed by atoms with Crippen LogP contribution in [0.25, 0.3) is 0 Å². The summed E-state index contributed by atoms with van der Waals surface area (Å²) in [5.74, 6) is -0.593. The zero-order chi connectivity index (χ0) is 14.5. The number of hydrogen-bond donors (Lipinski definition) is 3. The normalized spacial score (nSPS) is 15.6. The van der Waals surface area contributed by atoms with Crippen LogP contribution in [0.1, 0.15) is 12.5 Å². The Labute approximate surface area is 110 Å². The quantitative estimate of drug-likeness (QED) is 0.680. The molecule has 0 fully saturated rings. The van der Waals surface area contributed by atoms with Gasteiger partial charge in [-0.05, 0) is 24.6 Å². The van der Waals surface area contributed by atoms with E-state index in [0.717, 1.165) is 5.56 Å². The second kappa shape index (κ2) is 6.49. The maximum Gasteiger partial charge on any atom is 0.323 e. The molecule has 1 aromatic rings. The van der Waals surface area contributed by atoms with Gasteiger partial charge >= 0.3 is 5.97 Å². The Hall–Kier alpha value is -1.66. The molecule has 0 saturated carbocycles. The SMILES string of the molecule is C[C@](N)(Cc1ccc(OCC(O)CF)cc1)C(=O)O. The van der Waals surface area contributed by atoms with Gasteiger partial charge in [-0.3, -0.25) is 4.79 Å². The van der Waals surface area contributed by atoms with Crippen molar-refractivity contribution >= 4 is 5.97 Å². The van der Waals surface area contributed by atoms with Crippen molar-refractivity contribution in [3.8, 4) is 5.75 Å². The van der Waals surface area contributed by atoms with E-state index in [9.17, 15) is 9.18 Å². The Bertz CT molecular complexity index is 419. The van der Waals surface area contributed by atoms with E-state index < -0.39 is 24.3 Å². The van der Waals surface area contributed by atoms with Gasteiger partial charge in [-0.15, -0.1) is 0 Å². The van der Waals surface area contributed by atoms with Crippen molar-refractivity contribution in [3.63, 3.8) is 0 Å². The van der Waals surface area contributed by atoms with Gasteiger partial charge in [0.15, 0.2) is 0 Å². The number of benzene rings is 1. The molecule has 106 valence electrons. The van der Waals surface area contributed by atoms with E-state index in [4.69, 9.17) is 20.7 Å². The summed E-state index contributed by atoms with van der Waals surface area (Å²) in [5.41, 5.74) is 5.07.